The molecule has 104 valence electrons. The highest BCUT2D eigenvalue weighted by atomic mass is 16.5. The third-order valence-electron chi connectivity index (χ3n) is 3.33. The minimum Gasteiger partial charge on any atom is -0.457 e. The Labute approximate surface area is 127 Å². The van der Waals surface area contributed by atoms with E-state index >= 15 is 0 Å². The molecular formula is C18H11N3O. The fraction of sp³-hybridized carbons (Fsp3) is 0. The Balaban J connectivity index is 2.06. The van der Waals surface area contributed by atoms with Crippen LogP contribution in [0, 0.1) is 22.7 Å². The first-order valence-corrected chi connectivity index (χ1v) is 6.61. The van der Waals surface area contributed by atoms with E-state index in [1.807, 2.05) is 48.5 Å². The second kappa shape index (κ2) is 5.47. The molecule has 0 fully saturated rings. The van der Waals surface area contributed by atoms with Crippen LogP contribution in [0.15, 0.2) is 54.6 Å². The highest BCUT2D eigenvalue weighted by molar-refractivity contribution is 5.90. The van der Waals surface area contributed by atoms with Crippen LogP contribution in [0.3, 0.4) is 0 Å². The van der Waals surface area contributed by atoms with Crippen LogP contribution in [-0.2, 0) is 0 Å². The van der Waals surface area contributed by atoms with Crippen molar-refractivity contribution in [3.63, 3.8) is 0 Å². The molecule has 0 bridgehead atoms. The Hall–Kier alpha value is -3.50. The van der Waals surface area contributed by atoms with Crippen molar-refractivity contribution in [3.8, 4) is 23.6 Å². The van der Waals surface area contributed by atoms with Gasteiger partial charge in [-0.25, -0.2) is 0 Å². The summed E-state index contributed by atoms with van der Waals surface area (Å²) in [5.74, 6) is 1.16. The quantitative estimate of drug-likeness (QED) is 0.722. The van der Waals surface area contributed by atoms with Gasteiger partial charge < -0.3 is 10.5 Å². The van der Waals surface area contributed by atoms with Crippen LogP contribution in [0.2, 0.25) is 0 Å². The van der Waals surface area contributed by atoms with Crippen molar-refractivity contribution >= 4 is 16.5 Å². The Kier molecular flexibility index (Phi) is 3.35. The number of nitrogen functional groups attached to an aromatic ring is 1. The molecule has 4 heteroatoms. The second-order valence-electron chi connectivity index (χ2n) is 4.77. The molecule has 3 rings (SSSR count). The zero-order chi connectivity index (χ0) is 15.5. The molecule has 0 heterocycles. The van der Waals surface area contributed by atoms with Crippen LogP contribution in [0.4, 0.5) is 5.69 Å². The molecule has 0 atom stereocenters. The van der Waals surface area contributed by atoms with Gasteiger partial charge in [0.2, 0.25) is 0 Å². The van der Waals surface area contributed by atoms with Crippen LogP contribution in [-0.4, -0.2) is 0 Å². The fourth-order valence-electron chi connectivity index (χ4n) is 2.25. The maximum Gasteiger partial charge on any atom is 0.135 e. The average molecular weight is 285 g/mol. The topological polar surface area (TPSA) is 82.8 Å². The van der Waals surface area contributed by atoms with E-state index in [0.29, 0.717) is 28.3 Å². The minimum atomic E-state index is 0.291. The van der Waals surface area contributed by atoms with E-state index in [1.165, 1.54) is 0 Å². The lowest BCUT2D eigenvalue weighted by atomic mass is 10.1. The maximum absolute atomic E-state index is 9.08. The molecule has 0 radical (unpaired) electrons. The molecule has 22 heavy (non-hydrogen) atoms. The van der Waals surface area contributed by atoms with E-state index in [1.54, 1.807) is 18.2 Å². The van der Waals surface area contributed by atoms with Crippen molar-refractivity contribution in [1.29, 1.82) is 10.5 Å². The molecule has 0 unspecified atom stereocenters. The molecule has 4 nitrogen and oxygen atoms in total. The largest absolute Gasteiger partial charge is 0.457 e. The Bertz CT molecular complexity index is 949. The first kappa shape index (κ1) is 13.5. The van der Waals surface area contributed by atoms with Crippen molar-refractivity contribution in [2.75, 3.05) is 5.73 Å². The number of ether oxygens (including phenoxy) is 1. The molecule has 0 spiro atoms. The van der Waals surface area contributed by atoms with Crippen molar-refractivity contribution in [2.45, 2.75) is 0 Å². The highest BCUT2D eigenvalue weighted by Gasteiger charge is 2.07. The Morgan fingerprint density at radius 2 is 1.68 bits per heavy atom. The number of rotatable bonds is 2. The summed E-state index contributed by atoms with van der Waals surface area (Å²) in [6.07, 6.45) is 0. The summed E-state index contributed by atoms with van der Waals surface area (Å²) >= 11 is 0. The van der Waals surface area contributed by atoms with Gasteiger partial charge >= 0.3 is 0 Å². The smallest absolute Gasteiger partial charge is 0.135 e. The van der Waals surface area contributed by atoms with Crippen molar-refractivity contribution < 1.29 is 4.74 Å². The molecule has 0 aliphatic heterocycles. The average Bonchev–Trinajstić information content (AvgIpc) is 2.55. The van der Waals surface area contributed by atoms with Crippen molar-refractivity contribution in [3.05, 3.63) is 65.7 Å². The van der Waals surface area contributed by atoms with Gasteiger partial charge in [0, 0.05) is 11.1 Å². The summed E-state index contributed by atoms with van der Waals surface area (Å²) < 4.78 is 5.87. The van der Waals surface area contributed by atoms with Gasteiger partial charge in [-0.2, -0.15) is 10.5 Å². The molecule has 0 aliphatic rings. The SMILES string of the molecule is N#Cc1ccc(Oc2cccc3ccc(N)cc23)cc1C#N. The van der Waals surface area contributed by atoms with E-state index < -0.39 is 0 Å². The zero-order valence-electron chi connectivity index (χ0n) is 11.6. The van der Waals surface area contributed by atoms with E-state index in [0.717, 1.165) is 10.8 Å². The first-order valence-electron chi connectivity index (χ1n) is 6.61. The van der Waals surface area contributed by atoms with Crippen molar-refractivity contribution in [1.82, 2.24) is 0 Å². The molecule has 3 aromatic carbocycles. The van der Waals surface area contributed by atoms with Gasteiger partial charge in [-0.15, -0.1) is 0 Å². The molecule has 0 aromatic heterocycles. The summed E-state index contributed by atoms with van der Waals surface area (Å²) in [4.78, 5) is 0. The zero-order valence-corrected chi connectivity index (χ0v) is 11.6. The molecule has 2 N–H and O–H groups in total. The Morgan fingerprint density at radius 3 is 2.45 bits per heavy atom. The van der Waals surface area contributed by atoms with Crippen LogP contribution in [0.25, 0.3) is 10.8 Å². The summed E-state index contributed by atoms with van der Waals surface area (Å²) in [5, 5.41) is 19.9. The van der Waals surface area contributed by atoms with Gasteiger partial charge in [0.25, 0.3) is 0 Å². The second-order valence-corrected chi connectivity index (χ2v) is 4.77. The van der Waals surface area contributed by atoms with Crippen LogP contribution in [0.5, 0.6) is 11.5 Å². The van der Waals surface area contributed by atoms with E-state index in [-0.39, 0.29) is 0 Å². The molecular weight excluding hydrogens is 274 g/mol. The Morgan fingerprint density at radius 1 is 0.864 bits per heavy atom. The summed E-state index contributed by atoms with van der Waals surface area (Å²) in [6, 6.07) is 20.1. The fourth-order valence-corrected chi connectivity index (χ4v) is 2.25. The van der Waals surface area contributed by atoms with Gasteiger partial charge in [-0.1, -0.05) is 18.2 Å². The number of benzene rings is 3. The first-order chi connectivity index (χ1) is 10.7. The van der Waals surface area contributed by atoms with Crippen molar-refractivity contribution in [2.24, 2.45) is 0 Å². The van der Waals surface area contributed by atoms with Gasteiger partial charge in [-0.3, -0.25) is 0 Å². The normalized spacial score (nSPS) is 9.91. The van der Waals surface area contributed by atoms with E-state index in [9.17, 15) is 0 Å². The summed E-state index contributed by atoms with van der Waals surface area (Å²) in [6.45, 7) is 0. The number of hydrogen-bond donors (Lipinski definition) is 1. The lowest BCUT2D eigenvalue weighted by Crippen LogP contribution is -1.90. The predicted octanol–water partition coefficient (Wildman–Crippen LogP) is 3.96. The molecule has 0 saturated heterocycles. The summed E-state index contributed by atoms with van der Waals surface area (Å²) in [5.41, 5.74) is 7.11. The minimum absolute atomic E-state index is 0.291. The lowest BCUT2D eigenvalue weighted by molar-refractivity contribution is 0.488. The number of nitrogens with two attached hydrogens (primary N) is 1. The number of anilines is 1. The molecule has 0 saturated carbocycles. The summed E-state index contributed by atoms with van der Waals surface area (Å²) in [7, 11) is 0. The number of hydrogen-bond acceptors (Lipinski definition) is 4. The van der Waals surface area contributed by atoms with Crippen LogP contribution >= 0.6 is 0 Å². The number of fused-ring (bicyclic) bond motifs is 1. The third-order valence-corrected chi connectivity index (χ3v) is 3.33. The standard InChI is InChI=1S/C18H11N3O/c19-10-13-5-7-16(8-14(13)11-20)22-18-3-1-2-12-4-6-15(21)9-17(12)18/h1-9H,21H2. The lowest BCUT2D eigenvalue weighted by Gasteiger charge is -2.10. The highest BCUT2D eigenvalue weighted by Crippen LogP contribution is 2.31. The van der Waals surface area contributed by atoms with Crippen LogP contribution < -0.4 is 10.5 Å². The molecule has 3 aromatic rings. The van der Waals surface area contributed by atoms with Gasteiger partial charge in [0.1, 0.15) is 23.6 Å². The van der Waals surface area contributed by atoms with Gasteiger partial charge in [-0.05, 0) is 41.8 Å². The number of nitriles is 2. The molecule has 0 amide bonds. The number of nitrogens with zero attached hydrogens (tertiary/aromatic N) is 2. The third kappa shape index (κ3) is 2.42. The van der Waals surface area contributed by atoms with Gasteiger partial charge in [0.15, 0.2) is 0 Å². The van der Waals surface area contributed by atoms with Crippen LogP contribution in [0.1, 0.15) is 11.1 Å². The monoisotopic (exact) mass is 285 g/mol. The maximum atomic E-state index is 9.08. The van der Waals surface area contributed by atoms with E-state index in [2.05, 4.69) is 0 Å². The van der Waals surface area contributed by atoms with E-state index in [4.69, 9.17) is 21.0 Å². The predicted molar refractivity (Wildman–Crippen MR) is 84.3 cm³/mol. The van der Waals surface area contributed by atoms with Gasteiger partial charge in [0.05, 0.1) is 11.1 Å². The molecule has 0 aliphatic carbocycles.